The normalized spacial score (nSPS) is 18.9. The summed E-state index contributed by atoms with van der Waals surface area (Å²) in [6, 6.07) is 0. The van der Waals surface area contributed by atoms with E-state index in [1.807, 2.05) is 0 Å². The van der Waals surface area contributed by atoms with Gasteiger partial charge in [-0.3, -0.25) is 4.90 Å². The van der Waals surface area contributed by atoms with Crippen LogP contribution in [0.15, 0.2) is 10.7 Å². The summed E-state index contributed by atoms with van der Waals surface area (Å²) in [6.45, 7) is 11.6. The molecule has 4 nitrogen and oxygen atoms in total. The Labute approximate surface area is 97.0 Å². The van der Waals surface area contributed by atoms with Crippen molar-refractivity contribution >= 4 is 0 Å². The van der Waals surface area contributed by atoms with Crippen LogP contribution in [0, 0.1) is 0 Å². The van der Waals surface area contributed by atoms with Gasteiger partial charge in [-0.2, -0.15) is 0 Å². The smallest absolute Gasteiger partial charge is 0.199 e. The van der Waals surface area contributed by atoms with Crippen LogP contribution < -0.4 is 5.32 Å². The quantitative estimate of drug-likeness (QED) is 0.822. The van der Waals surface area contributed by atoms with Crippen LogP contribution in [-0.4, -0.2) is 36.1 Å². The molecular weight excluding hydrogens is 202 g/mol. The Morgan fingerprint density at radius 2 is 2.06 bits per heavy atom. The summed E-state index contributed by atoms with van der Waals surface area (Å²) >= 11 is 0. The summed E-state index contributed by atoms with van der Waals surface area (Å²) in [6.07, 6.45) is 1.79. The van der Waals surface area contributed by atoms with Crippen molar-refractivity contribution in [1.82, 2.24) is 15.2 Å². The molecule has 1 N–H and O–H groups in total. The van der Waals surface area contributed by atoms with Gasteiger partial charge in [-0.25, -0.2) is 4.98 Å². The summed E-state index contributed by atoms with van der Waals surface area (Å²) in [5.41, 5.74) is 1.05. The Morgan fingerprint density at radius 3 is 2.62 bits per heavy atom. The van der Waals surface area contributed by atoms with Crippen molar-refractivity contribution in [1.29, 1.82) is 0 Å². The lowest BCUT2D eigenvalue weighted by Gasteiger charge is -2.26. The lowest BCUT2D eigenvalue weighted by molar-refractivity contribution is 0.230. The number of rotatable bonds is 2. The van der Waals surface area contributed by atoms with Crippen LogP contribution in [0.2, 0.25) is 0 Å². The largest absolute Gasteiger partial charge is 0.448 e. The highest BCUT2D eigenvalue weighted by Gasteiger charge is 2.21. The molecule has 1 aliphatic heterocycles. The van der Waals surface area contributed by atoms with Gasteiger partial charge in [0.25, 0.3) is 0 Å². The molecule has 16 heavy (non-hydrogen) atoms. The molecule has 2 rings (SSSR count). The van der Waals surface area contributed by atoms with E-state index in [1.54, 1.807) is 6.26 Å². The van der Waals surface area contributed by atoms with Crippen LogP contribution in [0.4, 0.5) is 0 Å². The van der Waals surface area contributed by atoms with E-state index < -0.39 is 0 Å². The van der Waals surface area contributed by atoms with Crippen LogP contribution in [0.5, 0.6) is 0 Å². The van der Waals surface area contributed by atoms with E-state index in [0.717, 1.165) is 44.3 Å². The zero-order valence-corrected chi connectivity index (χ0v) is 10.4. The van der Waals surface area contributed by atoms with Gasteiger partial charge in [-0.15, -0.1) is 0 Å². The molecule has 4 heteroatoms. The number of oxazole rings is 1. The van der Waals surface area contributed by atoms with Crippen molar-refractivity contribution in [2.24, 2.45) is 0 Å². The van der Waals surface area contributed by atoms with E-state index in [2.05, 4.69) is 36.0 Å². The third-order valence-electron chi connectivity index (χ3n) is 2.79. The van der Waals surface area contributed by atoms with E-state index in [0.29, 0.717) is 0 Å². The Morgan fingerprint density at radius 1 is 1.38 bits per heavy atom. The zero-order valence-electron chi connectivity index (χ0n) is 10.4. The minimum Gasteiger partial charge on any atom is -0.448 e. The van der Waals surface area contributed by atoms with Crippen LogP contribution in [0.3, 0.4) is 0 Å². The highest BCUT2D eigenvalue weighted by molar-refractivity contribution is 5.04. The second-order valence-electron chi connectivity index (χ2n) is 5.42. The SMILES string of the molecule is CC(C)(C)c1nc(CN2CCNCC2)co1. The van der Waals surface area contributed by atoms with E-state index in [1.165, 1.54) is 0 Å². The van der Waals surface area contributed by atoms with Gasteiger partial charge < -0.3 is 9.73 Å². The van der Waals surface area contributed by atoms with Crippen molar-refractivity contribution in [3.63, 3.8) is 0 Å². The van der Waals surface area contributed by atoms with Crippen molar-refractivity contribution in [3.8, 4) is 0 Å². The fourth-order valence-electron chi connectivity index (χ4n) is 1.82. The first kappa shape index (κ1) is 11.6. The minimum absolute atomic E-state index is 0.00169. The molecule has 0 saturated carbocycles. The number of piperazine rings is 1. The maximum Gasteiger partial charge on any atom is 0.199 e. The molecule has 0 bridgehead atoms. The highest BCUT2D eigenvalue weighted by atomic mass is 16.3. The standard InChI is InChI=1S/C12H21N3O/c1-12(2,3)11-14-10(9-16-11)8-15-6-4-13-5-7-15/h9,13H,4-8H2,1-3H3. The molecule has 0 aromatic carbocycles. The summed E-state index contributed by atoms with van der Waals surface area (Å²) in [4.78, 5) is 6.95. The van der Waals surface area contributed by atoms with Gasteiger partial charge >= 0.3 is 0 Å². The van der Waals surface area contributed by atoms with Gasteiger partial charge in [-0.05, 0) is 0 Å². The summed E-state index contributed by atoms with van der Waals surface area (Å²) < 4.78 is 5.52. The van der Waals surface area contributed by atoms with Gasteiger partial charge in [-0.1, -0.05) is 20.8 Å². The number of nitrogens with zero attached hydrogens (tertiary/aromatic N) is 2. The molecule has 1 aliphatic rings. The van der Waals surface area contributed by atoms with Crippen molar-refractivity contribution in [2.75, 3.05) is 26.2 Å². The monoisotopic (exact) mass is 223 g/mol. The minimum atomic E-state index is 0.00169. The topological polar surface area (TPSA) is 41.3 Å². The molecule has 1 saturated heterocycles. The fraction of sp³-hybridized carbons (Fsp3) is 0.750. The van der Waals surface area contributed by atoms with E-state index in [9.17, 15) is 0 Å². The average molecular weight is 223 g/mol. The first-order valence-electron chi connectivity index (χ1n) is 5.94. The Balaban J connectivity index is 1.97. The lowest BCUT2D eigenvalue weighted by Crippen LogP contribution is -2.42. The molecule has 1 fully saturated rings. The number of hydrogen-bond acceptors (Lipinski definition) is 4. The molecule has 0 amide bonds. The molecule has 0 aliphatic carbocycles. The Hall–Kier alpha value is -0.870. The van der Waals surface area contributed by atoms with E-state index >= 15 is 0 Å². The molecule has 2 heterocycles. The third kappa shape index (κ3) is 2.83. The van der Waals surface area contributed by atoms with Crippen molar-refractivity contribution in [3.05, 3.63) is 17.8 Å². The first-order chi connectivity index (χ1) is 7.55. The summed E-state index contributed by atoms with van der Waals surface area (Å²) in [5.74, 6) is 0.831. The third-order valence-corrected chi connectivity index (χ3v) is 2.79. The molecule has 1 aromatic rings. The van der Waals surface area contributed by atoms with Gasteiger partial charge in [0, 0.05) is 38.1 Å². The Bertz CT molecular complexity index is 334. The summed E-state index contributed by atoms with van der Waals surface area (Å²) in [5, 5.41) is 3.34. The molecule has 0 radical (unpaired) electrons. The van der Waals surface area contributed by atoms with Gasteiger partial charge in [0.1, 0.15) is 6.26 Å². The maximum atomic E-state index is 5.52. The fourth-order valence-corrected chi connectivity index (χ4v) is 1.82. The molecular formula is C12H21N3O. The van der Waals surface area contributed by atoms with Crippen LogP contribution in [0.1, 0.15) is 32.4 Å². The number of aromatic nitrogens is 1. The highest BCUT2D eigenvalue weighted by Crippen LogP contribution is 2.21. The second-order valence-corrected chi connectivity index (χ2v) is 5.42. The van der Waals surface area contributed by atoms with E-state index in [4.69, 9.17) is 4.42 Å². The lowest BCUT2D eigenvalue weighted by atomic mass is 9.97. The number of hydrogen-bond donors (Lipinski definition) is 1. The van der Waals surface area contributed by atoms with Gasteiger partial charge in [0.2, 0.25) is 0 Å². The average Bonchev–Trinajstić information content (AvgIpc) is 2.67. The second kappa shape index (κ2) is 4.55. The van der Waals surface area contributed by atoms with E-state index in [-0.39, 0.29) is 5.41 Å². The predicted molar refractivity (Wildman–Crippen MR) is 63.3 cm³/mol. The van der Waals surface area contributed by atoms with Gasteiger partial charge in [0.05, 0.1) is 5.69 Å². The molecule has 0 spiro atoms. The molecule has 90 valence electrons. The number of nitrogens with one attached hydrogen (secondary N) is 1. The van der Waals surface area contributed by atoms with Crippen LogP contribution in [0.25, 0.3) is 0 Å². The molecule has 0 atom stereocenters. The zero-order chi connectivity index (χ0) is 11.6. The Kier molecular flexibility index (Phi) is 3.30. The summed E-state index contributed by atoms with van der Waals surface area (Å²) in [7, 11) is 0. The molecule has 1 aromatic heterocycles. The first-order valence-corrected chi connectivity index (χ1v) is 5.94. The van der Waals surface area contributed by atoms with Crippen molar-refractivity contribution in [2.45, 2.75) is 32.7 Å². The molecule has 0 unspecified atom stereocenters. The van der Waals surface area contributed by atoms with Crippen molar-refractivity contribution < 1.29 is 4.42 Å². The predicted octanol–water partition coefficient (Wildman–Crippen LogP) is 1.38. The van der Waals surface area contributed by atoms with Crippen LogP contribution in [-0.2, 0) is 12.0 Å². The maximum absolute atomic E-state index is 5.52. The van der Waals surface area contributed by atoms with Crippen LogP contribution >= 0.6 is 0 Å². The van der Waals surface area contributed by atoms with Gasteiger partial charge in [0.15, 0.2) is 5.89 Å².